The standard InChI is InChI=1S/C14H11N5S/c15-7-13-4-5-14(20-13)8-16-11-2-1-3-12(6-11)19-9-17-18-10-19/h1-6,9-10,16H,8H2. The van der Waals surface area contributed by atoms with Crippen molar-refractivity contribution < 1.29 is 0 Å². The second kappa shape index (κ2) is 5.55. The lowest BCUT2D eigenvalue weighted by Gasteiger charge is -2.07. The van der Waals surface area contributed by atoms with E-state index < -0.39 is 0 Å². The highest BCUT2D eigenvalue weighted by molar-refractivity contribution is 7.12. The summed E-state index contributed by atoms with van der Waals surface area (Å²) in [5, 5.41) is 19.7. The van der Waals surface area contributed by atoms with Gasteiger partial charge < -0.3 is 5.32 Å². The molecule has 5 nitrogen and oxygen atoms in total. The SMILES string of the molecule is N#Cc1ccc(CNc2cccc(-n3cnnc3)c2)s1. The zero-order valence-electron chi connectivity index (χ0n) is 10.5. The molecule has 3 aromatic rings. The lowest BCUT2D eigenvalue weighted by molar-refractivity contribution is 1.05. The van der Waals surface area contributed by atoms with Crippen LogP contribution < -0.4 is 5.32 Å². The van der Waals surface area contributed by atoms with Crippen LogP contribution in [0.5, 0.6) is 0 Å². The van der Waals surface area contributed by atoms with Crippen molar-refractivity contribution in [3.8, 4) is 11.8 Å². The van der Waals surface area contributed by atoms with Gasteiger partial charge in [-0.25, -0.2) is 0 Å². The first-order chi connectivity index (χ1) is 9.85. The van der Waals surface area contributed by atoms with Crippen LogP contribution in [-0.2, 0) is 6.54 Å². The molecule has 20 heavy (non-hydrogen) atoms. The maximum atomic E-state index is 8.80. The number of nitrogens with one attached hydrogen (secondary N) is 1. The van der Waals surface area contributed by atoms with E-state index in [1.807, 2.05) is 41.0 Å². The Kier molecular flexibility index (Phi) is 3.44. The zero-order valence-corrected chi connectivity index (χ0v) is 11.3. The predicted octanol–water partition coefficient (Wildman–Crippen LogP) is 2.81. The molecule has 0 aliphatic heterocycles. The number of aromatic nitrogens is 3. The van der Waals surface area contributed by atoms with E-state index in [2.05, 4.69) is 21.6 Å². The Hall–Kier alpha value is -2.65. The Labute approximate surface area is 120 Å². The number of nitrogens with zero attached hydrogens (tertiary/aromatic N) is 4. The molecule has 0 aliphatic carbocycles. The summed E-state index contributed by atoms with van der Waals surface area (Å²) in [6.07, 6.45) is 3.33. The van der Waals surface area contributed by atoms with Crippen molar-refractivity contribution in [3.63, 3.8) is 0 Å². The summed E-state index contributed by atoms with van der Waals surface area (Å²) in [7, 11) is 0. The molecule has 0 fully saturated rings. The fourth-order valence-corrected chi connectivity index (χ4v) is 2.58. The van der Waals surface area contributed by atoms with Crippen LogP contribution in [0.15, 0.2) is 49.1 Å². The topological polar surface area (TPSA) is 66.5 Å². The maximum absolute atomic E-state index is 8.80. The first kappa shape index (κ1) is 12.4. The van der Waals surface area contributed by atoms with Crippen molar-refractivity contribution in [2.75, 3.05) is 5.32 Å². The minimum Gasteiger partial charge on any atom is -0.380 e. The van der Waals surface area contributed by atoms with Crippen LogP contribution in [0.2, 0.25) is 0 Å². The maximum Gasteiger partial charge on any atom is 0.123 e. The van der Waals surface area contributed by atoms with Gasteiger partial charge in [0.25, 0.3) is 0 Å². The molecule has 98 valence electrons. The average Bonchev–Trinajstić information content (AvgIpc) is 3.17. The summed E-state index contributed by atoms with van der Waals surface area (Å²) in [6, 6.07) is 14.0. The molecule has 1 N–H and O–H groups in total. The van der Waals surface area contributed by atoms with Gasteiger partial charge in [-0.1, -0.05) is 6.07 Å². The number of hydrogen-bond acceptors (Lipinski definition) is 5. The Bertz CT molecular complexity index is 739. The summed E-state index contributed by atoms with van der Waals surface area (Å²) < 4.78 is 1.85. The second-order valence-corrected chi connectivity index (χ2v) is 5.32. The van der Waals surface area contributed by atoms with Crippen molar-refractivity contribution in [1.82, 2.24) is 14.8 Å². The summed E-state index contributed by atoms with van der Waals surface area (Å²) >= 11 is 1.51. The molecule has 0 bridgehead atoms. The quantitative estimate of drug-likeness (QED) is 0.798. The van der Waals surface area contributed by atoms with Crippen LogP contribution in [0, 0.1) is 11.3 Å². The highest BCUT2D eigenvalue weighted by atomic mass is 32.1. The summed E-state index contributed by atoms with van der Waals surface area (Å²) in [5.74, 6) is 0. The van der Waals surface area contributed by atoms with Gasteiger partial charge in [0.2, 0.25) is 0 Å². The number of hydrogen-bond donors (Lipinski definition) is 1. The van der Waals surface area contributed by atoms with Gasteiger partial charge >= 0.3 is 0 Å². The largest absolute Gasteiger partial charge is 0.380 e. The summed E-state index contributed by atoms with van der Waals surface area (Å²) in [6.45, 7) is 0.706. The van der Waals surface area contributed by atoms with Crippen LogP contribution >= 0.6 is 11.3 Å². The first-order valence-corrected chi connectivity index (χ1v) is 6.84. The number of benzene rings is 1. The zero-order chi connectivity index (χ0) is 13.8. The van der Waals surface area contributed by atoms with Crippen molar-refractivity contribution in [3.05, 3.63) is 58.8 Å². The van der Waals surface area contributed by atoms with Crippen molar-refractivity contribution in [2.24, 2.45) is 0 Å². The van der Waals surface area contributed by atoms with Crippen molar-refractivity contribution in [1.29, 1.82) is 5.26 Å². The van der Waals surface area contributed by atoms with E-state index in [-0.39, 0.29) is 0 Å². The minimum atomic E-state index is 0.706. The molecule has 0 amide bonds. The van der Waals surface area contributed by atoms with Crippen molar-refractivity contribution in [2.45, 2.75) is 6.54 Å². The predicted molar refractivity (Wildman–Crippen MR) is 77.7 cm³/mol. The highest BCUT2D eigenvalue weighted by Gasteiger charge is 2.01. The van der Waals surface area contributed by atoms with E-state index in [9.17, 15) is 0 Å². The first-order valence-electron chi connectivity index (χ1n) is 6.03. The Balaban J connectivity index is 1.72. The number of rotatable bonds is 4. The Morgan fingerprint density at radius 2 is 2.05 bits per heavy atom. The van der Waals surface area contributed by atoms with Gasteiger partial charge in [-0.3, -0.25) is 4.57 Å². The Morgan fingerprint density at radius 1 is 1.20 bits per heavy atom. The van der Waals surface area contributed by atoms with Gasteiger partial charge in [-0.15, -0.1) is 21.5 Å². The molecular formula is C14H11N5S. The average molecular weight is 281 g/mol. The van der Waals surface area contributed by atoms with Gasteiger partial charge in [0.1, 0.15) is 23.6 Å². The third kappa shape index (κ3) is 2.68. The number of anilines is 1. The highest BCUT2D eigenvalue weighted by Crippen LogP contribution is 2.19. The molecule has 2 aromatic heterocycles. The van der Waals surface area contributed by atoms with Crippen LogP contribution in [0.3, 0.4) is 0 Å². The molecule has 0 unspecified atom stereocenters. The second-order valence-electron chi connectivity index (χ2n) is 4.15. The monoisotopic (exact) mass is 281 g/mol. The number of thiophene rings is 1. The van der Waals surface area contributed by atoms with Gasteiger partial charge in [-0.05, 0) is 30.3 Å². The number of nitriles is 1. The van der Waals surface area contributed by atoms with Gasteiger partial charge in [0, 0.05) is 17.1 Å². The van der Waals surface area contributed by atoms with E-state index in [0.29, 0.717) is 6.54 Å². The molecule has 0 atom stereocenters. The summed E-state index contributed by atoms with van der Waals surface area (Å²) in [4.78, 5) is 1.87. The van der Waals surface area contributed by atoms with Gasteiger partial charge in [0.05, 0.1) is 5.69 Å². The molecule has 0 saturated heterocycles. The fraction of sp³-hybridized carbons (Fsp3) is 0.0714. The van der Waals surface area contributed by atoms with Crippen molar-refractivity contribution >= 4 is 17.0 Å². The van der Waals surface area contributed by atoms with Gasteiger partial charge in [0.15, 0.2) is 0 Å². The molecule has 6 heteroatoms. The van der Waals surface area contributed by atoms with Crippen LogP contribution in [0.25, 0.3) is 5.69 Å². The molecule has 2 heterocycles. The molecule has 0 aliphatic rings. The molecule has 1 aromatic carbocycles. The van der Waals surface area contributed by atoms with E-state index >= 15 is 0 Å². The molecule has 0 radical (unpaired) electrons. The van der Waals surface area contributed by atoms with Crippen LogP contribution in [0.1, 0.15) is 9.75 Å². The lowest BCUT2D eigenvalue weighted by Crippen LogP contribution is -1.98. The molecule has 3 rings (SSSR count). The minimum absolute atomic E-state index is 0.706. The third-order valence-electron chi connectivity index (χ3n) is 2.80. The van der Waals surface area contributed by atoms with E-state index in [0.717, 1.165) is 21.1 Å². The van der Waals surface area contributed by atoms with E-state index in [4.69, 9.17) is 5.26 Å². The summed E-state index contributed by atoms with van der Waals surface area (Å²) in [5.41, 5.74) is 2.02. The van der Waals surface area contributed by atoms with E-state index in [1.54, 1.807) is 12.7 Å². The Morgan fingerprint density at radius 3 is 2.80 bits per heavy atom. The molecule has 0 spiro atoms. The lowest BCUT2D eigenvalue weighted by atomic mass is 10.2. The molecule has 0 saturated carbocycles. The van der Waals surface area contributed by atoms with Gasteiger partial charge in [-0.2, -0.15) is 5.26 Å². The fourth-order valence-electron chi connectivity index (χ4n) is 1.83. The normalized spacial score (nSPS) is 10.2. The van der Waals surface area contributed by atoms with Crippen LogP contribution in [0.4, 0.5) is 5.69 Å². The molecular weight excluding hydrogens is 270 g/mol. The third-order valence-corrected chi connectivity index (χ3v) is 3.79. The van der Waals surface area contributed by atoms with Crippen LogP contribution in [-0.4, -0.2) is 14.8 Å². The smallest absolute Gasteiger partial charge is 0.123 e. The van der Waals surface area contributed by atoms with E-state index in [1.165, 1.54) is 11.3 Å².